The van der Waals surface area contributed by atoms with Crippen molar-refractivity contribution in [1.82, 2.24) is 15.5 Å². The monoisotopic (exact) mass is 383 g/mol. The molecule has 0 bridgehead atoms. The van der Waals surface area contributed by atoms with Gasteiger partial charge < -0.3 is 25.0 Å². The van der Waals surface area contributed by atoms with Gasteiger partial charge in [0, 0.05) is 19.5 Å². The van der Waals surface area contributed by atoms with E-state index in [2.05, 4.69) is 10.6 Å². The van der Waals surface area contributed by atoms with Crippen LogP contribution in [0.15, 0.2) is 60.7 Å². The van der Waals surface area contributed by atoms with E-state index in [-0.39, 0.29) is 12.6 Å². The molecule has 0 unspecified atom stereocenters. The average Bonchev–Trinajstić information content (AvgIpc) is 2.74. The van der Waals surface area contributed by atoms with Gasteiger partial charge in [-0.2, -0.15) is 0 Å². The molecule has 2 aromatic carbocycles. The normalized spacial score (nSPS) is 14.8. The number of rotatable bonds is 6. The Balaban J connectivity index is 1.58. The highest BCUT2D eigenvalue weighted by Crippen LogP contribution is 2.05. The molecule has 2 aromatic rings. The highest BCUT2D eigenvalue weighted by atomic mass is 16.5. The molecule has 0 saturated carbocycles. The smallest absolute Gasteiger partial charge is 0.409 e. The summed E-state index contributed by atoms with van der Waals surface area (Å²) >= 11 is 0. The van der Waals surface area contributed by atoms with Gasteiger partial charge in [0.1, 0.15) is 12.8 Å². The van der Waals surface area contributed by atoms with Crippen molar-refractivity contribution < 1.29 is 19.1 Å². The van der Waals surface area contributed by atoms with Crippen LogP contribution in [0.25, 0.3) is 0 Å². The van der Waals surface area contributed by atoms with Crippen molar-refractivity contribution in [1.29, 1.82) is 0 Å². The first-order valence-electron chi connectivity index (χ1n) is 9.35. The first-order valence-corrected chi connectivity index (χ1v) is 9.35. The molecule has 0 aromatic heterocycles. The number of hydrogen-bond donors (Lipinski definition) is 2. The minimum Gasteiger partial charge on any atom is -0.445 e. The lowest BCUT2D eigenvalue weighted by atomic mass is 10.1. The molecule has 7 nitrogen and oxygen atoms in total. The number of benzene rings is 2. The molecular formula is C21H25N3O4. The minimum absolute atomic E-state index is 0.169. The van der Waals surface area contributed by atoms with Crippen LogP contribution in [0.2, 0.25) is 0 Å². The van der Waals surface area contributed by atoms with Gasteiger partial charge in [-0.1, -0.05) is 60.7 Å². The van der Waals surface area contributed by atoms with Crippen LogP contribution in [0.1, 0.15) is 11.1 Å². The van der Waals surface area contributed by atoms with Crippen molar-refractivity contribution in [3.05, 3.63) is 71.8 Å². The summed E-state index contributed by atoms with van der Waals surface area (Å²) in [6.07, 6.45) is -0.703. The maximum Gasteiger partial charge on any atom is 0.409 e. The molecule has 1 heterocycles. The lowest BCUT2D eigenvalue weighted by molar-refractivity contribution is 0.0520. The molecule has 1 atom stereocenters. The molecule has 28 heavy (non-hydrogen) atoms. The van der Waals surface area contributed by atoms with Crippen LogP contribution >= 0.6 is 0 Å². The number of nitrogens with zero attached hydrogens (tertiary/aromatic N) is 1. The molecule has 3 amide bonds. The number of hydrogen-bond acceptors (Lipinski definition) is 4. The summed E-state index contributed by atoms with van der Waals surface area (Å²) in [5.74, 6) is 0. The molecule has 1 aliphatic heterocycles. The summed E-state index contributed by atoms with van der Waals surface area (Å²) in [4.78, 5) is 26.5. The minimum atomic E-state index is -0.582. The second-order valence-corrected chi connectivity index (χ2v) is 6.50. The number of amides is 3. The maximum absolute atomic E-state index is 12.5. The second-order valence-electron chi connectivity index (χ2n) is 6.50. The molecule has 1 aliphatic rings. The van der Waals surface area contributed by atoms with Crippen molar-refractivity contribution in [3.63, 3.8) is 0 Å². The Hall–Kier alpha value is -3.06. The highest BCUT2D eigenvalue weighted by Gasteiger charge is 2.22. The fourth-order valence-electron chi connectivity index (χ4n) is 2.90. The van der Waals surface area contributed by atoms with E-state index in [0.29, 0.717) is 32.7 Å². The van der Waals surface area contributed by atoms with Gasteiger partial charge in [-0.25, -0.2) is 9.59 Å². The molecule has 148 valence electrons. The lowest BCUT2D eigenvalue weighted by Gasteiger charge is -2.29. The van der Waals surface area contributed by atoms with E-state index in [1.165, 1.54) is 0 Å². The van der Waals surface area contributed by atoms with E-state index in [1.807, 2.05) is 60.7 Å². The molecule has 0 spiro atoms. The third kappa shape index (κ3) is 6.28. The quantitative estimate of drug-likeness (QED) is 0.752. The third-order valence-corrected chi connectivity index (χ3v) is 4.38. The van der Waals surface area contributed by atoms with Gasteiger partial charge in [0.2, 0.25) is 0 Å². The summed E-state index contributed by atoms with van der Waals surface area (Å²) in [5.41, 5.74) is 1.90. The number of carbonyl (C=O) groups is 2. The van der Waals surface area contributed by atoms with Crippen LogP contribution in [0.3, 0.4) is 0 Å². The van der Waals surface area contributed by atoms with E-state index >= 15 is 0 Å². The third-order valence-electron chi connectivity index (χ3n) is 4.38. The molecule has 0 radical (unpaired) electrons. The number of morpholine rings is 1. The van der Waals surface area contributed by atoms with Gasteiger partial charge in [0.05, 0.1) is 13.2 Å². The summed E-state index contributed by atoms with van der Waals surface area (Å²) in [6, 6.07) is 18.9. The van der Waals surface area contributed by atoms with E-state index in [0.717, 1.165) is 11.1 Å². The van der Waals surface area contributed by atoms with Gasteiger partial charge >= 0.3 is 12.1 Å². The molecule has 3 rings (SSSR count). The zero-order chi connectivity index (χ0) is 19.6. The first kappa shape index (κ1) is 19.7. The SMILES string of the molecule is O=C(N[C@@H](Cc1ccccc1)NC(=O)N1CCOCC1)OCc1ccccc1. The molecule has 1 saturated heterocycles. The summed E-state index contributed by atoms with van der Waals surface area (Å²) in [7, 11) is 0. The summed E-state index contributed by atoms with van der Waals surface area (Å²) in [5, 5.41) is 5.64. The van der Waals surface area contributed by atoms with Crippen molar-refractivity contribution in [2.45, 2.75) is 19.2 Å². The predicted octanol–water partition coefficient (Wildman–Crippen LogP) is 2.52. The Bertz CT molecular complexity index is 749. The average molecular weight is 383 g/mol. The largest absolute Gasteiger partial charge is 0.445 e. The Labute approximate surface area is 164 Å². The zero-order valence-corrected chi connectivity index (χ0v) is 15.7. The Morgan fingerprint density at radius 2 is 1.54 bits per heavy atom. The number of ether oxygens (including phenoxy) is 2. The van der Waals surface area contributed by atoms with Gasteiger partial charge in [-0.15, -0.1) is 0 Å². The van der Waals surface area contributed by atoms with Gasteiger partial charge in [0.25, 0.3) is 0 Å². The number of urea groups is 1. The summed E-state index contributed by atoms with van der Waals surface area (Å²) in [6.45, 7) is 2.26. The fraction of sp³-hybridized carbons (Fsp3) is 0.333. The van der Waals surface area contributed by atoms with Crippen molar-refractivity contribution in [3.8, 4) is 0 Å². The topological polar surface area (TPSA) is 79.9 Å². The van der Waals surface area contributed by atoms with Crippen LogP contribution in [-0.2, 0) is 22.5 Å². The highest BCUT2D eigenvalue weighted by molar-refractivity contribution is 5.75. The summed E-state index contributed by atoms with van der Waals surface area (Å²) < 4.78 is 10.6. The van der Waals surface area contributed by atoms with Crippen LogP contribution in [0, 0.1) is 0 Å². The van der Waals surface area contributed by atoms with Crippen LogP contribution in [-0.4, -0.2) is 49.5 Å². The van der Waals surface area contributed by atoms with Crippen molar-refractivity contribution in [2.75, 3.05) is 26.3 Å². The van der Waals surface area contributed by atoms with Crippen LogP contribution in [0.5, 0.6) is 0 Å². The molecular weight excluding hydrogens is 358 g/mol. The van der Waals surface area contributed by atoms with E-state index < -0.39 is 12.3 Å². The van der Waals surface area contributed by atoms with Crippen LogP contribution in [0.4, 0.5) is 9.59 Å². The predicted molar refractivity (Wildman–Crippen MR) is 105 cm³/mol. The first-order chi connectivity index (χ1) is 13.7. The van der Waals surface area contributed by atoms with E-state index in [1.54, 1.807) is 4.90 Å². The molecule has 2 N–H and O–H groups in total. The van der Waals surface area contributed by atoms with Crippen molar-refractivity contribution >= 4 is 12.1 Å². The maximum atomic E-state index is 12.5. The van der Waals surface area contributed by atoms with Crippen molar-refractivity contribution in [2.24, 2.45) is 0 Å². The van der Waals surface area contributed by atoms with E-state index in [9.17, 15) is 9.59 Å². The second kappa shape index (κ2) is 10.3. The Kier molecular flexibility index (Phi) is 7.26. The molecule has 1 fully saturated rings. The zero-order valence-electron chi connectivity index (χ0n) is 15.7. The standard InChI is InChI=1S/C21H25N3O4/c25-20(24-11-13-27-14-12-24)22-19(15-17-7-3-1-4-8-17)23-21(26)28-16-18-9-5-2-6-10-18/h1-10,19H,11-16H2,(H,22,25)(H,23,26)/t19-/m0/s1. The number of nitrogens with one attached hydrogen (secondary N) is 2. The van der Waals surface area contributed by atoms with Gasteiger partial charge in [0.15, 0.2) is 0 Å². The number of carbonyl (C=O) groups excluding carboxylic acids is 2. The molecule has 7 heteroatoms. The number of alkyl carbamates (subject to hydrolysis) is 1. The van der Waals surface area contributed by atoms with E-state index in [4.69, 9.17) is 9.47 Å². The Morgan fingerprint density at radius 3 is 2.18 bits per heavy atom. The Morgan fingerprint density at radius 1 is 0.929 bits per heavy atom. The fourth-order valence-corrected chi connectivity index (χ4v) is 2.90. The van der Waals surface area contributed by atoms with Gasteiger partial charge in [-0.05, 0) is 11.1 Å². The lowest BCUT2D eigenvalue weighted by Crippen LogP contribution is -2.55. The molecule has 0 aliphatic carbocycles. The van der Waals surface area contributed by atoms with Crippen LogP contribution < -0.4 is 10.6 Å². The van der Waals surface area contributed by atoms with Gasteiger partial charge in [-0.3, -0.25) is 0 Å².